The molecule has 1 rings (SSSR count). The minimum atomic E-state index is 0.0914. The first-order valence-corrected chi connectivity index (χ1v) is 9.17. The fourth-order valence-corrected chi connectivity index (χ4v) is 2.47. The predicted molar refractivity (Wildman–Crippen MR) is 121 cm³/mol. The van der Waals surface area contributed by atoms with Crippen LogP contribution in [0, 0.1) is 11.3 Å². The minimum Gasteiger partial charge on any atom is -0.296 e. The topological polar surface area (TPSA) is 15.6 Å². The molecule has 0 saturated heterocycles. The Morgan fingerprint density at radius 3 is 2.63 bits per heavy atom. The highest BCUT2D eigenvalue weighted by molar-refractivity contribution is 5.64. The van der Waals surface area contributed by atoms with Crippen LogP contribution in [0.2, 0.25) is 0 Å². The second-order valence-electron chi connectivity index (χ2n) is 7.14. The molecule has 0 bridgehead atoms. The maximum atomic E-state index is 4.57. The van der Waals surface area contributed by atoms with Crippen molar-refractivity contribution >= 4 is 6.21 Å². The summed E-state index contributed by atoms with van der Waals surface area (Å²) in [5, 5.41) is 0. The quantitative estimate of drug-likeness (QED) is 0.393. The molecule has 0 aromatic carbocycles. The molecule has 1 heterocycles. The second kappa shape index (κ2) is 11.0. The van der Waals surface area contributed by atoms with Crippen LogP contribution in [0.4, 0.5) is 0 Å². The third-order valence-corrected chi connectivity index (χ3v) is 4.02. The van der Waals surface area contributed by atoms with Crippen molar-refractivity contribution < 1.29 is 0 Å². The van der Waals surface area contributed by atoms with Crippen molar-refractivity contribution in [1.29, 1.82) is 0 Å². The van der Waals surface area contributed by atoms with Gasteiger partial charge in [0.25, 0.3) is 0 Å². The molecule has 0 amide bonds. The molecule has 0 aliphatic carbocycles. The van der Waals surface area contributed by atoms with E-state index in [0.29, 0.717) is 5.82 Å². The van der Waals surface area contributed by atoms with Gasteiger partial charge in [-0.1, -0.05) is 95.7 Å². The molecule has 0 saturated carbocycles. The van der Waals surface area contributed by atoms with Gasteiger partial charge in [-0.2, -0.15) is 0 Å². The van der Waals surface area contributed by atoms with Gasteiger partial charge in [-0.25, -0.2) is 4.99 Å². The number of allylic oxidation sites excluding steroid dienone is 11. The van der Waals surface area contributed by atoms with E-state index in [1.54, 1.807) is 12.2 Å². The van der Waals surface area contributed by atoms with Crippen molar-refractivity contribution in [2.24, 2.45) is 16.3 Å². The zero-order chi connectivity index (χ0) is 20.3. The first kappa shape index (κ1) is 22.2. The van der Waals surface area contributed by atoms with Gasteiger partial charge < -0.3 is 0 Å². The molecule has 0 fully saturated rings. The van der Waals surface area contributed by atoms with Crippen LogP contribution in [0.15, 0.2) is 115 Å². The van der Waals surface area contributed by atoms with Crippen LogP contribution in [-0.2, 0) is 0 Å². The molecular weight excluding hydrogens is 328 g/mol. The van der Waals surface area contributed by atoms with Crippen molar-refractivity contribution in [3.63, 3.8) is 0 Å². The van der Waals surface area contributed by atoms with E-state index in [9.17, 15) is 0 Å². The largest absolute Gasteiger partial charge is 0.296 e. The Labute approximate surface area is 165 Å². The Hall–Kier alpha value is -2.87. The van der Waals surface area contributed by atoms with Crippen LogP contribution in [0.1, 0.15) is 27.2 Å². The summed E-state index contributed by atoms with van der Waals surface area (Å²) >= 11 is 0. The van der Waals surface area contributed by atoms with E-state index >= 15 is 0 Å². The monoisotopic (exact) mass is 360 g/mol. The third kappa shape index (κ3) is 7.91. The van der Waals surface area contributed by atoms with Gasteiger partial charge in [-0.05, 0) is 30.1 Å². The molecular formula is C25H32N2. The van der Waals surface area contributed by atoms with E-state index in [1.165, 1.54) is 0 Å². The number of rotatable bonds is 4. The van der Waals surface area contributed by atoms with Crippen molar-refractivity contribution in [3.05, 3.63) is 110 Å². The number of nitrogens with zero attached hydrogens (tertiary/aromatic N) is 2. The lowest BCUT2D eigenvalue weighted by Gasteiger charge is -2.25. The van der Waals surface area contributed by atoms with Gasteiger partial charge in [0.15, 0.2) is 0 Å². The summed E-state index contributed by atoms with van der Waals surface area (Å²) < 4.78 is 0. The molecule has 1 atom stereocenters. The predicted octanol–water partition coefficient (Wildman–Crippen LogP) is 6.89. The number of hydrogen-bond donors (Lipinski definition) is 0. The number of aliphatic imine (C=N–C) groups is 1. The van der Waals surface area contributed by atoms with Gasteiger partial charge in [-0.15, -0.1) is 0 Å². The average Bonchev–Trinajstić information content (AvgIpc) is 2.61. The Morgan fingerprint density at radius 2 is 1.96 bits per heavy atom. The summed E-state index contributed by atoms with van der Waals surface area (Å²) in [6.45, 7) is 22.5. The van der Waals surface area contributed by atoms with Crippen molar-refractivity contribution in [1.82, 2.24) is 4.90 Å². The van der Waals surface area contributed by atoms with Crippen molar-refractivity contribution in [2.75, 3.05) is 0 Å². The van der Waals surface area contributed by atoms with Crippen LogP contribution in [0.3, 0.4) is 0 Å². The van der Waals surface area contributed by atoms with Crippen LogP contribution < -0.4 is 0 Å². The van der Waals surface area contributed by atoms with E-state index in [1.807, 2.05) is 41.5 Å². The summed E-state index contributed by atoms with van der Waals surface area (Å²) in [4.78, 5) is 6.45. The van der Waals surface area contributed by atoms with Crippen LogP contribution in [0.25, 0.3) is 0 Å². The fourth-order valence-electron chi connectivity index (χ4n) is 2.47. The van der Waals surface area contributed by atoms with Crippen LogP contribution >= 0.6 is 0 Å². The summed E-state index contributed by atoms with van der Waals surface area (Å²) in [6.07, 6.45) is 24.7. The van der Waals surface area contributed by atoms with E-state index in [4.69, 9.17) is 0 Å². The zero-order valence-corrected chi connectivity index (χ0v) is 16.9. The highest BCUT2D eigenvalue weighted by Crippen LogP contribution is 2.24. The molecule has 2 nitrogen and oxygen atoms in total. The van der Waals surface area contributed by atoms with Gasteiger partial charge in [0.2, 0.25) is 0 Å². The molecule has 0 spiro atoms. The van der Waals surface area contributed by atoms with E-state index in [2.05, 4.69) is 76.4 Å². The maximum absolute atomic E-state index is 4.57. The molecule has 27 heavy (non-hydrogen) atoms. The normalized spacial score (nSPS) is 25.1. The third-order valence-electron chi connectivity index (χ3n) is 4.02. The van der Waals surface area contributed by atoms with Gasteiger partial charge in [0.1, 0.15) is 5.82 Å². The number of hydrogen-bond acceptors (Lipinski definition) is 2. The van der Waals surface area contributed by atoms with E-state index in [0.717, 1.165) is 17.8 Å². The highest BCUT2D eigenvalue weighted by atomic mass is 15.2. The van der Waals surface area contributed by atoms with Gasteiger partial charge in [0.05, 0.1) is 0 Å². The Balaban J connectivity index is 3.33. The van der Waals surface area contributed by atoms with E-state index < -0.39 is 0 Å². The molecule has 1 unspecified atom stereocenters. The molecule has 1 aliphatic heterocycles. The second-order valence-corrected chi connectivity index (χ2v) is 7.14. The fraction of sp³-hybridized carbons (Fsp3) is 0.240. The highest BCUT2D eigenvalue weighted by Gasteiger charge is 2.13. The first-order chi connectivity index (χ1) is 12.8. The molecule has 142 valence electrons. The lowest BCUT2D eigenvalue weighted by molar-refractivity contribution is 0.488. The summed E-state index contributed by atoms with van der Waals surface area (Å²) in [7, 11) is 0. The SMILES string of the molecule is C=C/C=C\C=C(/C=C)N1C(=C)/C=C\C=C/C(C)(C)C/C=C\C(C)C=NC1=C. The van der Waals surface area contributed by atoms with Gasteiger partial charge in [0, 0.05) is 23.5 Å². The first-order valence-electron chi connectivity index (χ1n) is 9.17. The summed E-state index contributed by atoms with van der Waals surface area (Å²) in [5.74, 6) is 0.802. The summed E-state index contributed by atoms with van der Waals surface area (Å²) in [5.41, 5.74) is 1.69. The van der Waals surface area contributed by atoms with E-state index in [-0.39, 0.29) is 11.3 Å². The summed E-state index contributed by atoms with van der Waals surface area (Å²) in [6, 6.07) is 0. The molecule has 0 aromatic heterocycles. The molecule has 0 radical (unpaired) electrons. The van der Waals surface area contributed by atoms with Crippen molar-refractivity contribution in [3.8, 4) is 0 Å². The lowest BCUT2D eigenvalue weighted by atomic mass is 9.88. The van der Waals surface area contributed by atoms with Crippen molar-refractivity contribution in [2.45, 2.75) is 27.2 Å². The zero-order valence-electron chi connectivity index (χ0n) is 16.9. The van der Waals surface area contributed by atoms with Gasteiger partial charge in [-0.3, -0.25) is 4.90 Å². The van der Waals surface area contributed by atoms with Crippen LogP contribution in [-0.4, -0.2) is 11.1 Å². The molecule has 0 N–H and O–H groups in total. The molecule has 1 aliphatic rings. The standard InChI is InChI=1S/C25H32N2/c1-8-10-11-17-24(9-2)27-22(4)16-12-13-18-25(6,7)19-14-15-21(3)20-26-23(27)5/h8-18,20-21H,1-2,4-5,19H2,3,6-7H3/b11-10-,15-14-,16-12-,18-13-,24-17+,26-20?. The van der Waals surface area contributed by atoms with Crippen LogP contribution in [0.5, 0.6) is 0 Å². The maximum Gasteiger partial charge on any atom is 0.129 e. The molecule has 2 heteroatoms. The minimum absolute atomic E-state index is 0.0914. The average molecular weight is 361 g/mol. The Kier molecular flexibility index (Phi) is 9.01. The Bertz CT molecular complexity index is 736. The lowest BCUT2D eigenvalue weighted by Crippen LogP contribution is -2.18. The van der Waals surface area contributed by atoms with Gasteiger partial charge >= 0.3 is 0 Å². The molecule has 0 aromatic rings. The Morgan fingerprint density at radius 1 is 1.22 bits per heavy atom. The smallest absolute Gasteiger partial charge is 0.129 e.